The third-order valence-corrected chi connectivity index (χ3v) is 4.73. The number of aromatic nitrogens is 2. The highest BCUT2D eigenvalue weighted by atomic mass is 16.7. The van der Waals surface area contributed by atoms with Crippen molar-refractivity contribution in [2.24, 2.45) is 0 Å². The first-order chi connectivity index (χ1) is 11.6. The number of anilines is 1. The Morgan fingerprint density at radius 1 is 1.21 bits per heavy atom. The quantitative estimate of drug-likeness (QED) is 0.833. The second-order valence-corrected chi connectivity index (χ2v) is 6.27. The molecule has 1 aromatic rings. The highest BCUT2D eigenvalue weighted by Crippen LogP contribution is 2.32. The van der Waals surface area contributed by atoms with E-state index in [1.165, 1.54) is 0 Å². The number of aryl methyl sites for hydroxylation is 1. The van der Waals surface area contributed by atoms with Gasteiger partial charge in [-0.05, 0) is 26.8 Å². The van der Waals surface area contributed by atoms with Gasteiger partial charge in [-0.3, -0.25) is 4.79 Å². The van der Waals surface area contributed by atoms with E-state index >= 15 is 0 Å². The average molecular weight is 334 g/mol. The van der Waals surface area contributed by atoms with Gasteiger partial charge < -0.3 is 19.3 Å². The van der Waals surface area contributed by atoms with Crippen molar-refractivity contribution >= 4 is 11.9 Å². The highest BCUT2D eigenvalue weighted by Gasteiger charge is 2.40. The summed E-state index contributed by atoms with van der Waals surface area (Å²) in [6, 6.07) is 1.76. The summed E-state index contributed by atoms with van der Waals surface area (Å²) in [6.45, 7) is 10.1. The van der Waals surface area contributed by atoms with Crippen LogP contribution in [0.1, 0.15) is 42.9 Å². The first kappa shape index (κ1) is 17.1. The van der Waals surface area contributed by atoms with Crippen LogP contribution in [0, 0.1) is 6.92 Å². The summed E-state index contributed by atoms with van der Waals surface area (Å²) < 4.78 is 11.5. The van der Waals surface area contributed by atoms with Crippen molar-refractivity contribution in [1.29, 1.82) is 0 Å². The minimum absolute atomic E-state index is 0.0392. The van der Waals surface area contributed by atoms with E-state index in [0.29, 0.717) is 37.9 Å². The van der Waals surface area contributed by atoms with Crippen molar-refractivity contribution in [3.8, 4) is 0 Å². The van der Waals surface area contributed by atoms with Crippen LogP contribution in [-0.2, 0) is 9.47 Å². The average Bonchev–Trinajstić information content (AvgIpc) is 3.04. The first-order valence-corrected chi connectivity index (χ1v) is 8.74. The first-order valence-electron chi connectivity index (χ1n) is 8.74. The smallest absolute Gasteiger partial charge is 0.272 e. The Balaban J connectivity index is 1.76. The summed E-state index contributed by atoms with van der Waals surface area (Å²) in [5.74, 6) is 0.168. The van der Waals surface area contributed by atoms with Gasteiger partial charge in [0.15, 0.2) is 5.79 Å². The topological polar surface area (TPSA) is 67.8 Å². The Labute approximate surface area is 143 Å². The summed E-state index contributed by atoms with van der Waals surface area (Å²) in [7, 11) is 0. The molecule has 3 heterocycles. The highest BCUT2D eigenvalue weighted by molar-refractivity contribution is 5.92. The van der Waals surface area contributed by atoms with E-state index in [1.807, 2.05) is 20.8 Å². The van der Waals surface area contributed by atoms with Gasteiger partial charge in [-0.2, -0.15) is 0 Å². The lowest BCUT2D eigenvalue weighted by Gasteiger charge is -2.37. The summed E-state index contributed by atoms with van der Waals surface area (Å²) in [5, 5.41) is 0. The number of amides is 1. The lowest BCUT2D eigenvalue weighted by Crippen LogP contribution is -2.46. The van der Waals surface area contributed by atoms with Crippen LogP contribution in [0.25, 0.3) is 0 Å². The van der Waals surface area contributed by atoms with Gasteiger partial charge in [-0.15, -0.1) is 0 Å². The number of rotatable bonds is 4. The molecule has 0 atom stereocenters. The fraction of sp³-hybridized carbons (Fsp3) is 0.706. The number of carbonyl (C=O) groups is 1. The van der Waals surface area contributed by atoms with Crippen LogP contribution in [0.2, 0.25) is 0 Å². The molecule has 0 unspecified atom stereocenters. The molecule has 7 nitrogen and oxygen atoms in total. The number of carbonyl (C=O) groups excluding carboxylic acids is 1. The largest absolute Gasteiger partial charge is 0.347 e. The van der Waals surface area contributed by atoms with Gasteiger partial charge >= 0.3 is 0 Å². The molecule has 0 bridgehead atoms. The molecular weight excluding hydrogens is 308 g/mol. The molecule has 2 saturated heterocycles. The van der Waals surface area contributed by atoms with Gasteiger partial charge in [-0.25, -0.2) is 9.97 Å². The number of ether oxygens (including phenoxy) is 2. The maximum absolute atomic E-state index is 12.6. The van der Waals surface area contributed by atoms with E-state index in [0.717, 1.165) is 31.6 Å². The standard InChI is InChI=1S/C17H26N4O3/c1-4-20(5-2)15(22)14-12-13(3)18-16(19-14)21-8-6-17(7-9-21)23-10-11-24-17/h12H,4-11H2,1-3H3. The lowest BCUT2D eigenvalue weighted by atomic mass is 10.0. The van der Waals surface area contributed by atoms with Gasteiger partial charge in [0.2, 0.25) is 5.95 Å². The summed E-state index contributed by atoms with van der Waals surface area (Å²) >= 11 is 0. The molecule has 132 valence electrons. The second kappa shape index (κ2) is 7.03. The van der Waals surface area contributed by atoms with Crippen molar-refractivity contribution < 1.29 is 14.3 Å². The van der Waals surface area contributed by atoms with Gasteiger partial charge in [0.05, 0.1) is 13.2 Å². The lowest BCUT2D eigenvalue weighted by molar-refractivity contribution is -0.169. The molecule has 0 saturated carbocycles. The van der Waals surface area contributed by atoms with Gasteiger partial charge in [0, 0.05) is 44.7 Å². The van der Waals surface area contributed by atoms with Crippen LogP contribution >= 0.6 is 0 Å². The fourth-order valence-corrected chi connectivity index (χ4v) is 3.31. The Morgan fingerprint density at radius 2 is 1.83 bits per heavy atom. The van der Waals surface area contributed by atoms with E-state index in [-0.39, 0.29) is 5.91 Å². The van der Waals surface area contributed by atoms with E-state index in [4.69, 9.17) is 9.47 Å². The number of piperidine rings is 1. The molecule has 0 aliphatic carbocycles. The number of hydrogen-bond acceptors (Lipinski definition) is 6. The molecule has 2 fully saturated rings. The van der Waals surface area contributed by atoms with Crippen LogP contribution < -0.4 is 4.90 Å². The van der Waals surface area contributed by atoms with E-state index < -0.39 is 5.79 Å². The van der Waals surface area contributed by atoms with E-state index in [2.05, 4.69) is 14.9 Å². The summed E-state index contributed by atoms with van der Waals surface area (Å²) in [4.78, 5) is 25.5. The van der Waals surface area contributed by atoms with E-state index in [9.17, 15) is 4.79 Å². The fourth-order valence-electron chi connectivity index (χ4n) is 3.31. The third-order valence-electron chi connectivity index (χ3n) is 4.73. The van der Waals surface area contributed by atoms with Gasteiger partial charge in [0.1, 0.15) is 5.69 Å². The Morgan fingerprint density at radius 3 is 2.42 bits per heavy atom. The Hall–Kier alpha value is -1.73. The summed E-state index contributed by atoms with van der Waals surface area (Å²) in [5.41, 5.74) is 1.28. The molecule has 0 radical (unpaired) electrons. The normalized spacial score (nSPS) is 19.7. The van der Waals surface area contributed by atoms with Crippen molar-refractivity contribution in [2.45, 2.75) is 39.4 Å². The monoisotopic (exact) mass is 334 g/mol. The predicted molar refractivity (Wildman–Crippen MR) is 90.1 cm³/mol. The van der Waals surface area contributed by atoms with E-state index in [1.54, 1.807) is 11.0 Å². The van der Waals surface area contributed by atoms with Crippen molar-refractivity contribution in [3.05, 3.63) is 17.5 Å². The molecule has 3 rings (SSSR count). The SMILES string of the molecule is CCN(CC)C(=O)c1cc(C)nc(N2CCC3(CC2)OCCO3)n1. The predicted octanol–water partition coefficient (Wildman–Crippen LogP) is 1.61. The molecule has 0 aromatic carbocycles. The minimum Gasteiger partial charge on any atom is -0.347 e. The maximum atomic E-state index is 12.6. The van der Waals surface area contributed by atoms with Crippen LogP contribution in [0.3, 0.4) is 0 Å². The van der Waals surface area contributed by atoms with Crippen molar-refractivity contribution in [1.82, 2.24) is 14.9 Å². The zero-order valence-electron chi connectivity index (χ0n) is 14.7. The molecule has 1 amide bonds. The zero-order chi connectivity index (χ0) is 17.2. The molecule has 7 heteroatoms. The molecule has 1 spiro atoms. The zero-order valence-corrected chi connectivity index (χ0v) is 14.7. The molecule has 24 heavy (non-hydrogen) atoms. The summed E-state index contributed by atoms with van der Waals surface area (Å²) in [6.07, 6.45) is 1.59. The van der Waals surface area contributed by atoms with Gasteiger partial charge in [0.25, 0.3) is 5.91 Å². The maximum Gasteiger partial charge on any atom is 0.272 e. The number of hydrogen-bond donors (Lipinski definition) is 0. The van der Waals surface area contributed by atoms with Crippen LogP contribution in [0.4, 0.5) is 5.95 Å². The molecule has 0 N–H and O–H groups in total. The van der Waals surface area contributed by atoms with Crippen molar-refractivity contribution in [3.63, 3.8) is 0 Å². The third kappa shape index (κ3) is 3.37. The second-order valence-electron chi connectivity index (χ2n) is 6.27. The van der Waals surface area contributed by atoms with Crippen LogP contribution in [0.5, 0.6) is 0 Å². The van der Waals surface area contributed by atoms with Crippen LogP contribution in [-0.4, -0.2) is 66.0 Å². The van der Waals surface area contributed by atoms with Crippen molar-refractivity contribution in [2.75, 3.05) is 44.3 Å². The molecular formula is C17H26N4O3. The molecule has 1 aromatic heterocycles. The number of nitrogens with zero attached hydrogens (tertiary/aromatic N) is 4. The Bertz CT molecular complexity index is 587. The molecule has 2 aliphatic rings. The van der Waals surface area contributed by atoms with Gasteiger partial charge in [-0.1, -0.05) is 0 Å². The molecule has 2 aliphatic heterocycles. The Kier molecular flexibility index (Phi) is 5.01. The minimum atomic E-state index is -0.416. The van der Waals surface area contributed by atoms with Crippen LogP contribution in [0.15, 0.2) is 6.07 Å².